The Bertz CT molecular complexity index is 241. The molecule has 16 heavy (non-hydrogen) atoms. The van der Waals surface area contributed by atoms with Gasteiger partial charge >= 0.3 is 0 Å². The molecule has 3 atom stereocenters. The second-order valence-corrected chi connectivity index (χ2v) is 4.48. The highest BCUT2D eigenvalue weighted by Crippen LogP contribution is 2.24. The van der Waals surface area contributed by atoms with Crippen molar-refractivity contribution in [3.63, 3.8) is 0 Å². The Balaban J connectivity index is 1.81. The van der Waals surface area contributed by atoms with Gasteiger partial charge in [0.15, 0.2) is 6.10 Å². The van der Waals surface area contributed by atoms with Crippen LogP contribution >= 0.6 is 0 Å². The Hall–Kier alpha value is -0.650. The van der Waals surface area contributed by atoms with Crippen molar-refractivity contribution in [1.29, 1.82) is 0 Å². The van der Waals surface area contributed by atoms with Gasteiger partial charge in [0.25, 0.3) is 5.91 Å². The molecule has 2 rings (SSSR count). The van der Waals surface area contributed by atoms with E-state index in [2.05, 4.69) is 5.32 Å². The van der Waals surface area contributed by atoms with Crippen LogP contribution < -0.4 is 11.1 Å². The zero-order valence-corrected chi connectivity index (χ0v) is 9.48. The molecule has 92 valence electrons. The second kappa shape index (κ2) is 5.61. The van der Waals surface area contributed by atoms with Crippen molar-refractivity contribution >= 4 is 5.91 Å². The van der Waals surface area contributed by atoms with Gasteiger partial charge in [-0.15, -0.1) is 0 Å². The summed E-state index contributed by atoms with van der Waals surface area (Å²) in [5, 5.41) is 3.03. The van der Waals surface area contributed by atoms with Gasteiger partial charge in [-0.25, -0.2) is 0 Å². The van der Waals surface area contributed by atoms with E-state index >= 15 is 0 Å². The van der Waals surface area contributed by atoms with Crippen LogP contribution in [0.15, 0.2) is 0 Å². The van der Waals surface area contributed by atoms with Crippen molar-refractivity contribution in [3.8, 4) is 0 Å². The molecule has 3 unspecified atom stereocenters. The lowest BCUT2D eigenvalue weighted by Crippen LogP contribution is -2.48. The number of hydrogen-bond acceptors (Lipinski definition) is 4. The molecule has 1 aliphatic carbocycles. The molecule has 0 bridgehead atoms. The third kappa shape index (κ3) is 2.72. The maximum absolute atomic E-state index is 11.9. The molecule has 1 heterocycles. The zero-order valence-electron chi connectivity index (χ0n) is 9.48. The third-order valence-electron chi connectivity index (χ3n) is 3.40. The molecule has 0 radical (unpaired) electrons. The van der Waals surface area contributed by atoms with Crippen molar-refractivity contribution in [2.45, 2.75) is 31.4 Å². The number of hydrogen-bond donors (Lipinski definition) is 2. The molecule has 1 saturated carbocycles. The van der Waals surface area contributed by atoms with Crippen LogP contribution in [0.25, 0.3) is 0 Å². The molecule has 5 nitrogen and oxygen atoms in total. The van der Waals surface area contributed by atoms with E-state index in [-0.39, 0.29) is 11.9 Å². The van der Waals surface area contributed by atoms with Gasteiger partial charge in [-0.1, -0.05) is 6.42 Å². The fourth-order valence-corrected chi connectivity index (χ4v) is 2.42. The average Bonchev–Trinajstić information content (AvgIpc) is 2.77. The van der Waals surface area contributed by atoms with Crippen molar-refractivity contribution in [2.24, 2.45) is 11.7 Å². The van der Waals surface area contributed by atoms with Crippen LogP contribution in [0, 0.1) is 5.92 Å². The van der Waals surface area contributed by atoms with E-state index in [4.69, 9.17) is 15.2 Å². The minimum Gasteiger partial charge on any atom is -0.376 e. The highest BCUT2D eigenvalue weighted by atomic mass is 16.6. The van der Waals surface area contributed by atoms with E-state index in [1.165, 1.54) is 0 Å². The summed E-state index contributed by atoms with van der Waals surface area (Å²) < 4.78 is 10.6. The van der Waals surface area contributed by atoms with E-state index in [1.807, 2.05) is 0 Å². The number of carbonyl (C=O) groups is 1. The van der Waals surface area contributed by atoms with Crippen molar-refractivity contribution in [3.05, 3.63) is 0 Å². The van der Waals surface area contributed by atoms with E-state index in [0.717, 1.165) is 19.3 Å². The summed E-state index contributed by atoms with van der Waals surface area (Å²) in [6, 6.07) is 0.225. The molecule has 2 fully saturated rings. The zero-order chi connectivity index (χ0) is 11.4. The molecule has 1 amide bonds. The van der Waals surface area contributed by atoms with E-state index in [0.29, 0.717) is 32.3 Å². The first kappa shape index (κ1) is 11.8. The summed E-state index contributed by atoms with van der Waals surface area (Å²) in [6.07, 6.45) is 2.85. The van der Waals surface area contributed by atoms with Crippen molar-refractivity contribution in [1.82, 2.24) is 5.32 Å². The van der Waals surface area contributed by atoms with Gasteiger partial charge in [-0.2, -0.15) is 0 Å². The standard InChI is InChI=1S/C11H20N2O3/c12-6-8-2-1-3-9(8)13-11(14)10-7-15-4-5-16-10/h8-10H,1-7,12H2,(H,13,14). The van der Waals surface area contributed by atoms with Crippen LogP contribution in [0.2, 0.25) is 0 Å². The summed E-state index contributed by atoms with van der Waals surface area (Å²) in [4.78, 5) is 11.9. The molecule has 2 aliphatic rings. The van der Waals surface area contributed by atoms with Gasteiger partial charge < -0.3 is 20.5 Å². The number of rotatable bonds is 3. The minimum absolute atomic E-state index is 0.0509. The lowest BCUT2D eigenvalue weighted by Gasteiger charge is -2.25. The highest BCUT2D eigenvalue weighted by Gasteiger charge is 2.30. The number of ether oxygens (including phenoxy) is 2. The largest absolute Gasteiger partial charge is 0.376 e. The molecule has 1 saturated heterocycles. The Morgan fingerprint density at radius 3 is 2.94 bits per heavy atom. The summed E-state index contributed by atoms with van der Waals surface area (Å²) in [5.41, 5.74) is 5.67. The minimum atomic E-state index is -0.437. The van der Waals surface area contributed by atoms with E-state index < -0.39 is 6.10 Å². The van der Waals surface area contributed by atoms with Gasteiger partial charge in [0, 0.05) is 6.04 Å². The molecule has 3 N–H and O–H groups in total. The molecule has 0 aromatic rings. The molecule has 0 spiro atoms. The van der Waals surface area contributed by atoms with Crippen molar-refractivity contribution < 1.29 is 14.3 Å². The Kier molecular flexibility index (Phi) is 4.15. The lowest BCUT2D eigenvalue weighted by molar-refractivity contribution is -0.148. The SMILES string of the molecule is NCC1CCCC1NC(=O)C1COCCO1. The maximum atomic E-state index is 11.9. The van der Waals surface area contributed by atoms with Gasteiger partial charge in [0.1, 0.15) is 0 Å². The predicted molar refractivity (Wildman–Crippen MR) is 58.9 cm³/mol. The first-order valence-electron chi connectivity index (χ1n) is 6.01. The second-order valence-electron chi connectivity index (χ2n) is 4.48. The molecular formula is C11H20N2O3. The lowest BCUT2D eigenvalue weighted by atomic mass is 10.0. The van der Waals surface area contributed by atoms with Gasteiger partial charge in [0.2, 0.25) is 0 Å². The van der Waals surface area contributed by atoms with Crippen LogP contribution in [-0.4, -0.2) is 44.4 Å². The van der Waals surface area contributed by atoms with Crippen molar-refractivity contribution in [2.75, 3.05) is 26.4 Å². The normalized spacial score (nSPS) is 34.9. The van der Waals surface area contributed by atoms with Gasteiger partial charge in [0.05, 0.1) is 19.8 Å². The number of carbonyl (C=O) groups excluding carboxylic acids is 1. The van der Waals surface area contributed by atoms with Crippen LogP contribution in [0.4, 0.5) is 0 Å². The summed E-state index contributed by atoms with van der Waals surface area (Å²) in [5.74, 6) is 0.374. The van der Waals surface area contributed by atoms with Gasteiger partial charge in [-0.3, -0.25) is 4.79 Å². The molecule has 0 aromatic heterocycles. The Labute approximate surface area is 95.7 Å². The summed E-state index contributed by atoms with van der Waals surface area (Å²) in [6.45, 7) is 2.10. The molecule has 1 aliphatic heterocycles. The monoisotopic (exact) mass is 228 g/mol. The summed E-state index contributed by atoms with van der Waals surface area (Å²) in [7, 11) is 0. The highest BCUT2D eigenvalue weighted by molar-refractivity contribution is 5.81. The summed E-state index contributed by atoms with van der Waals surface area (Å²) >= 11 is 0. The topological polar surface area (TPSA) is 73.6 Å². The van der Waals surface area contributed by atoms with Gasteiger partial charge in [-0.05, 0) is 25.3 Å². The predicted octanol–water partition coefficient (Wildman–Crippen LogP) is -0.355. The Morgan fingerprint density at radius 2 is 2.25 bits per heavy atom. The number of nitrogens with one attached hydrogen (secondary N) is 1. The first-order valence-corrected chi connectivity index (χ1v) is 6.01. The Morgan fingerprint density at radius 1 is 1.38 bits per heavy atom. The number of amides is 1. The van der Waals surface area contributed by atoms with Crippen LogP contribution in [0.3, 0.4) is 0 Å². The van der Waals surface area contributed by atoms with E-state index in [1.54, 1.807) is 0 Å². The van der Waals surface area contributed by atoms with Crippen LogP contribution in [-0.2, 0) is 14.3 Å². The third-order valence-corrected chi connectivity index (χ3v) is 3.40. The first-order chi connectivity index (χ1) is 7.81. The smallest absolute Gasteiger partial charge is 0.251 e. The fourth-order valence-electron chi connectivity index (χ4n) is 2.42. The molecule has 0 aromatic carbocycles. The fraction of sp³-hybridized carbons (Fsp3) is 0.909. The van der Waals surface area contributed by atoms with E-state index in [9.17, 15) is 4.79 Å². The average molecular weight is 228 g/mol. The molecule has 5 heteroatoms. The molecular weight excluding hydrogens is 208 g/mol. The van der Waals surface area contributed by atoms with Crippen LogP contribution in [0.5, 0.6) is 0 Å². The quantitative estimate of drug-likeness (QED) is 0.692. The number of nitrogens with two attached hydrogens (primary N) is 1. The maximum Gasteiger partial charge on any atom is 0.251 e. The van der Waals surface area contributed by atoms with Crippen LogP contribution in [0.1, 0.15) is 19.3 Å².